The Morgan fingerprint density at radius 1 is 0.741 bits per heavy atom. The fraction of sp³-hybridized carbons (Fsp3) is 0.707. The van der Waals surface area contributed by atoms with Crippen LogP contribution in [0.25, 0.3) is 0 Å². The number of aliphatic hydroxyl groups is 1. The van der Waals surface area contributed by atoms with Crippen molar-refractivity contribution in [3.05, 3.63) is 68.5 Å². The minimum atomic E-state index is -0.429. The van der Waals surface area contributed by atoms with E-state index in [4.69, 9.17) is 16.6 Å². The molecule has 17 heteroatoms. The summed E-state index contributed by atoms with van der Waals surface area (Å²) in [5, 5.41) is 37.6. The smallest absolute Gasteiger partial charge is 0.310 e. The molecule has 324 valence electrons. The molecule has 8 rings (SSSR count). The van der Waals surface area contributed by atoms with Gasteiger partial charge in [0.05, 0.1) is 27.7 Å². The number of nitrogen functional groups attached to an aromatic ring is 2. The summed E-state index contributed by atoms with van der Waals surface area (Å²) >= 11 is 0. The van der Waals surface area contributed by atoms with Crippen LogP contribution in [0.3, 0.4) is 0 Å². The molecule has 0 atom stereocenters. The highest BCUT2D eigenvalue weighted by Gasteiger charge is 2.31. The predicted molar refractivity (Wildman–Crippen MR) is 228 cm³/mol. The molecule has 4 aromatic heterocycles. The summed E-state index contributed by atoms with van der Waals surface area (Å²) in [4.78, 5) is 24.1. The van der Waals surface area contributed by atoms with Crippen molar-refractivity contribution in [1.29, 1.82) is 0 Å². The van der Waals surface area contributed by atoms with Crippen LogP contribution in [0, 0.1) is 15.0 Å². The van der Waals surface area contributed by atoms with Gasteiger partial charge in [-0.15, -0.1) is 4.91 Å². The second-order valence-electron chi connectivity index (χ2n) is 16.0. The van der Waals surface area contributed by atoms with Crippen LogP contribution in [-0.2, 0) is 31.0 Å². The first-order valence-corrected chi connectivity index (χ1v) is 21.2. The molecule has 4 saturated carbocycles. The molecular weight excluding hydrogens is 741 g/mol. The van der Waals surface area contributed by atoms with Gasteiger partial charge in [0, 0.05) is 75.4 Å². The number of rotatable bonds is 10. The van der Waals surface area contributed by atoms with Crippen molar-refractivity contribution in [3.8, 4) is 0 Å². The molecule has 0 spiro atoms. The minimum absolute atomic E-state index is 0.191. The van der Waals surface area contributed by atoms with Crippen molar-refractivity contribution in [2.45, 2.75) is 181 Å². The number of aryl methyl sites for hydroxylation is 4. The number of aliphatic hydroxyl groups excluding tert-OH is 1. The molecule has 4 aromatic rings. The van der Waals surface area contributed by atoms with Crippen LogP contribution < -0.4 is 11.5 Å². The number of nitrogens with two attached hydrogens (primary N) is 2. The van der Waals surface area contributed by atoms with E-state index in [1.165, 1.54) is 81.8 Å². The predicted octanol–water partition coefficient (Wildman–Crippen LogP) is 8.85. The van der Waals surface area contributed by atoms with Gasteiger partial charge in [0.15, 0.2) is 5.34 Å². The molecule has 0 saturated heterocycles. The zero-order chi connectivity index (χ0) is 42.8. The Kier molecular flexibility index (Phi) is 19.3. The normalized spacial score (nSPS) is 16.2. The van der Waals surface area contributed by atoms with Crippen molar-refractivity contribution in [2.24, 2.45) is 5.34 Å². The van der Waals surface area contributed by atoms with E-state index in [2.05, 4.69) is 63.6 Å². The molecule has 5 N–H and O–H groups in total. The lowest BCUT2D eigenvalue weighted by Gasteiger charge is -2.23. The molecular formula is C41H70N12O5. The van der Waals surface area contributed by atoms with Crippen molar-refractivity contribution in [3.63, 3.8) is 0 Å². The second kappa shape index (κ2) is 23.6. The molecule has 0 amide bonds. The molecule has 4 aliphatic carbocycles. The zero-order valence-corrected chi connectivity index (χ0v) is 36.2. The van der Waals surface area contributed by atoms with Gasteiger partial charge >= 0.3 is 5.69 Å². The number of anilines is 2. The van der Waals surface area contributed by atoms with Gasteiger partial charge in [-0.3, -0.25) is 28.8 Å². The third-order valence-electron chi connectivity index (χ3n) is 10.9. The maximum atomic E-state index is 10.7. The standard InChI is InChI=1S/C9H13N3O2.2C9H15N3.C9H14N2.C4H9NO2.CH4O/c1-2-11-6-8(12(13)14)9(10-11)7-4-3-5-7;1-2-12-6-8(10)9(11-12)7-4-3-5-7;1-2-12-9(10)6-8(11-12)7-4-3-5-7;1-2-11-7-6-9(10-11)8-4-3-5-8;1-4(2,3)7-5-6;1-2/h6-7H,2-5H2,1H3;2*6-7H,2-5,10H2,1H3;6-8H,2-5H2,1H3;1-3H3;2H,1H3. The summed E-state index contributed by atoms with van der Waals surface area (Å²) in [6.07, 6.45) is 20.7. The lowest BCUT2D eigenvalue weighted by molar-refractivity contribution is -0.385. The third-order valence-corrected chi connectivity index (χ3v) is 10.9. The topological polar surface area (TPSA) is 225 Å². The van der Waals surface area contributed by atoms with E-state index in [-0.39, 0.29) is 10.6 Å². The van der Waals surface area contributed by atoms with Gasteiger partial charge < -0.3 is 21.4 Å². The first-order valence-electron chi connectivity index (χ1n) is 21.2. The fourth-order valence-corrected chi connectivity index (χ4v) is 6.51. The number of hydrogen-bond donors (Lipinski definition) is 3. The van der Waals surface area contributed by atoms with E-state index in [0.717, 1.165) is 62.7 Å². The fourth-order valence-electron chi connectivity index (χ4n) is 6.51. The Morgan fingerprint density at radius 2 is 1.22 bits per heavy atom. The van der Waals surface area contributed by atoms with Gasteiger partial charge in [-0.1, -0.05) is 25.7 Å². The second-order valence-corrected chi connectivity index (χ2v) is 16.0. The molecule has 0 bridgehead atoms. The van der Waals surface area contributed by atoms with Crippen LogP contribution in [0.15, 0.2) is 36.1 Å². The summed E-state index contributed by atoms with van der Waals surface area (Å²) in [7, 11) is 1.00. The van der Waals surface area contributed by atoms with E-state index in [1.807, 2.05) is 33.2 Å². The lowest BCUT2D eigenvalue weighted by atomic mass is 9.82. The number of nitro groups is 1. The third kappa shape index (κ3) is 13.9. The van der Waals surface area contributed by atoms with E-state index in [0.29, 0.717) is 30.0 Å². The molecule has 0 unspecified atom stereocenters. The lowest BCUT2D eigenvalue weighted by Crippen LogP contribution is -2.14. The van der Waals surface area contributed by atoms with Crippen LogP contribution in [0.4, 0.5) is 17.2 Å². The van der Waals surface area contributed by atoms with E-state index < -0.39 is 5.60 Å². The number of nitrogens with zero attached hydrogens (tertiary/aromatic N) is 10. The summed E-state index contributed by atoms with van der Waals surface area (Å²) in [6, 6.07) is 4.18. The molecule has 0 aromatic carbocycles. The Hall–Kier alpha value is -4.80. The first-order chi connectivity index (χ1) is 27.8. The van der Waals surface area contributed by atoms with Crippen LogP contribution in [0.1, 0.15) is 172 Å². The molecule has 4 fully saturated rings. The zero-order valence-electron chi connectivity index (χ0n) is 36.2. The van der Waals surface area contributed by atoms with Crippen LogP contribution >= 0.6 is 0 Å². The average Bonchev–Trinajstić information content (AvgIpc) is 3.90. The van der Waals surface area contributed by atoms with Crippen molar-refractivity contribution >= 4 is 17.2 Å². The molecule has 58 heavy (non-hydrogen) atoms. The number of aromatic nitrogens is 8. The van der Waals surface area contributed by atoms with Gasteiger partial charge in [0.1, 0.15) is 23.3 Å². The van der Waals surface area contributed by atoms with E-state index in [1.54, 1.807) is 25.5 Å². The molecule has 17 nitrogen and oxygen atoms in total. The molecule has 0 radical (unpaired) electrons. The quantitative estimate of drug-likeness (QED) is 0.0779. The maximum Gasteiger partial charge on any atom is 0.310 e. The number of hydrogen-bond acceptors (Lipinski definition) is 12. The Morgan fingerprint density at radius 3 is 1.59 bits per heavy atom. The first kappa shape index (κ1) is 47.6. The Labute approximate surface area is 344 Å². The van der Waals surface area contributed by atoms with Gasteiger partial charge in [-0.05, 0) is 106 Å². The van der Waals surface area contributed by atoms with Crippen molar-refractivity contribution in [1.82, 2.24) is 39.1 Å². The molecule has 4 heterocycles. The summed E-state index contributed by atoms with van der Waals surface area (Å²) in [6.45, 7) is 16.9. The Bertz CT molecular complexity index is 1790. The van der Waals surface area contributed by atoms with Gasteiger partial charge in [0.2, 0.25) is 0 Å². The van der Waals surface area contributed by atoms with Crippen molar-refractivity contribution in [2.75, 3.05) is 18.6 Å². The minimum Gasteiger partial charge on any atom is -0.400 e. The Balaban J connectivity index is 0.000000195. The van der Waals surface area contributed by atoms with Crippen molar-refractivity contribution < 1.29 is 14.9 Å². The van der Waals surface area contributed by atoms with Crippen LogP contribution in [0.2, 0.25) is 0 Å². The summed E-state index contributed by atoms with van der Waals surface area (Å²) < 4.78 is 7.44. The highest BCUT2D eigenvalue weighted by atomic mass is 16.7. The van der Waals surface area contributed by atoms with E-state index in [9.17, 15) is 15.0 Å². The largest absolute Gasteiger partial charge is 0.400 e. The monoisotopic (exact) mass is 811 g/mol. The highest BCUT2D eigenvalue weighted by Crippen LogP contribution is 2.40. The summed E-state index contributed by atoms with van der Waals surface area (Å²) in [5.41, 5.74) is 16.6. The van der Waals surface area contributed by atoms with Gasteiger partial charge in [-0.2, -0.15) is 20.4 Å². The van der Waals surface area contributed by atoms with Crippen LogP contribution in [0.5, 0.6) is 0 Å². The SMILES string of the molecule is CC(C)(C)ON=O.CCn1cc(N)c(C2CCC2)n1.CCn1cc([N+](=O)[O-])c(C2CCC2)n1.CCn1ccc(C2CCC2)n1.CCn1nc(C2CCC2)cc1N.CO. The maximum absolute atomic E-state index is 10.7. The van der Waals surface area contributed by atoms with Gasteiger partial charge in [0.25, 0.3) is 0 Å². The summed E-state index contributed by atoms with van der Waals surface area (Å²) in [5.74, 6) is 3.25. The average molecular weight is 811 g/mol. The van der Waals surface area contributed by atoms with E-state index >= 15 is 0 Å². The molecule has 0 aliphatic heterocycles. The van der Waals surface area contributed by atoms with Crippen LogP contribution in [-0.4, -0.2) is 61.9 Å². The highest BCUT2D eigenvalue weighted by molar-refractivity contribution is 5.43. The molecule has 4 aliphatic rings. The van der Waals surface area contributed by atoms with Gasteiger partial charge in [-0.25, -0.2) is 0 Å².